The maximum atomic E-state index is 14.0. The van der Waals surface area contributed by atoms with Gasteiger partial charge in [-0.05, 0) is 65.7 Å². The molecule has 0 atom stereocenters. The molecule has 0 aliphatic carbocycles. The predicted molar refractivity (Wildman–Crippen MR) is 159 cm³/mol. The first kappa shape index (κ1) is 30.8. The summed E-state index contributed by atoms with van der Waals surface area (Å²) < 4.78 is 27.2. The maximum absolute atomic E-state index is 14.0. The number of hydrogen-bond donors (Lipinski definition) is 4. The van der Waals surface area contributed by atoms with Gasteiger partial charge in [0.15, 0.2) is 0 Å². The molecule has 212 valence electrons. The van der Waals surface area contributed by atoms with Crippen molar-refractivity contribution in [2.75, 3.05) is 0 Å². The third kappa shape index (κ3) is 7.19. The van der Waals surface area contributed by atoms with Gasteiger partial charge in [-0.2, -0.15) is 0 Å². The second-order valence-electron chi connectivity index (χ2n) is 8.34. The monoisotopic (exact) mass is 628 g/mol. The molecule has 8 nitrogen and oxygen atoms in total. The van der Waals surface area contributed by atoms with E-state index in [9.17, 15) is 13.9 Å². The number of halogens is 5. The summed E-state index contributed by atoms with van der Waals surface area (Å²) in [5.74, 6) is -0.981. The summed E-state index contributed by atoms with van der Waals surface area (Å²) in [6.07, 6.45) is 0. The highest BCUT2D eigenvalue weighted by molar-refractivity contribution is 6.59. The van der Waals surface area contributed by atoms with Gasteiger partial charge in [0.05, 0.1) is 27.5 Å². The van der Waals surface area contributed by atoms with Crippen molar-refractivity contribution in [2.45, 2.75) is 0 Å². The lowest BCUT2D eigenvalue weighted by molar-refractivity contribution is 0.419. The molecule has 4 aromatic carbocycles. The summed E-state index contributed by atoms with van der Waals surface area (Å²) >= 11 is 17.1. The quantitative estimate of drug-likeness (QED) is 0.105. The fourth-order valence-corrected chi connectivity index (χ4v) is 4.42. The Morgan fingerprint density at radius 2 is 1.10 bits per heavy atom. The van der Waals surface area contributed by atoms with Crippen molar-refractivity contribution in [3.05, 3.63) is 112 Å². The Morgan fingerprint density at radius 1 is 0.571 bits per heavy atom. The minimum Gasteiger partial charge on any atom is -0.508 e. The van der Waals surface area contributed by atoms with Gasteiger partial charge in [-0.25, -0.2) is 28.7 Å². The standard InChI is InChI=1S/C14H8ClFN2O.C8H3Cl2FN2.C6H7BO3/c15-14-17-10-6-3-5-9(16)12(10)13(18-14)8-4-1-2-7-11(8)19;9-7-6-4(11)2-1-3-5(6)12-8(10)13-7;8-6-4-2-1-3-5(6)7(9)10/h1-7,19H;1-3H;1-4,8-10H. The van der Waals surface area contributed by atoms with Gasteiger partial charge in [0.2, 0.25) is 10.6 Å². The predicted octanol–water partition coefficient (Wildman–Crippen LogP) is 5.94. The first-order valence-electron chi connectivity index (χ1n) is 11.9. The number of phenolic OH excluding ortho intramolecular Hbond substituents is 2. The van der Waals surface area contributed by atoms with Crippen molar-refractivity contribution in [3.8, 4) is 22.8 Å². The number of para-hydroxylation sites is 2. The molecule has 14 heteroatoms. The van der Waals surface area contributed by atoms with Crippen LogP contribution in [0.3, 0.4) is 0 Å². The number of phenols is 2. The minimum absolute atomic E-state index is 0.0105. The Balaban J connectivity index is 0.000000154. The molecule has 6 aromatic rings. The molecule has 0 fully saturated rings. The van der Waals surface area contributed by atoms with Gasteiger partial charge in [0, 0.05) is 11.0 Å². The normalized spacial score (nSPS) is 10.5. The summed E-state index contributed by atoms with van der Waals surface area (Å²) in [4.78, 5) is 15.5. The van der Waals surface area contributed by atoms with Gasteiger partial charge >= 0.3 is 7.12 Å². The van der Waals surface area contributed by atoms with Crippen LogP contribution in [0.15, 0.2) is 84.9 Å². The van der Waals surface area contributed by atoms with Crippen LogP contribution in [0.4, 0.5) is 8.78 Å². The van der Waals surface area contributed by atoms with E-state index in [4.69, 9.17) is 50.0 Å². The molecule has 4 N–H and O–H groups in total. The Bertz CT molecular complexity index is 1890. The molecule has 0 unspecified atom stereocenters. The molecular formula is C28H18BCl3F2N4O4. The second-order valence-corrected chi connectivity index (χ2v) is 9.38. The van der Waals surface area contributed by atoms with Crippen molar-refractivity contribution in [3.63, 3.8) is 0 Å². The highest BCUT2D eigenvalue weighted by Gasteiger charge is 2.15. The average Bonchev–Trinajstić information content (AvgIpc) is 2.93. The molecule has 0 aliphatic heterocycles. The fourth-order valence-electron chi connectivity index (χ4n) is 3.76. The molecule has 0 spiro atoms. The van der Waals surface area contributed by atoms with Crippen LogP contribution < -0.4 is 5.46 Å². The van der Waals surface area contributed by atoms with Crippen molar-refractivity contribution in [1.29, 1.82) is 0 Å². The van der Waals surface area contributed by atoms with Crippen LogP contribution >= 0.6 is 34.8 Å². The third-order valence-corrected chi connectivity index (χ3v) is 6.23. The molecule has 0 saturated heterocycles. The van der Waals surface area contributed by atoms with Gasteiger partial charge < -0.3 is 20.3 Å². The van der Waals surface area contributed by atoms with E-state index in [0.29, 0.717) is 16.6 Å². The Kier molecular flexibility index (Phi) is 10.0. The van der Waals surface area contributed by atoms with Crippen molar-refractivity contribution < 1.29 is 29.0 Å². The van der Waals surface area contributed by atoms with Crippen LogP contribution in [0.2, 0.25) is 15.7 Å². The van der Waals surface area contributed by atoms with Crippen LogP contribution in [0.25, 0.3) is 33.1 Å². The van der Waals surface area contributed by atoms with E-state index in [0.717, 1.165) is 0 Å². The molecule has 2 aromatic heterocycles. The summed E-state index contributed by atoms with van der Waals surface area (Å²) in [5.41, 5.74) is 1.64. The van der Waals surface area contributed by atoms with E-state index in [-0.39, 0.29) is 49.1 Å². The maximum Gasteiger partial charge on any atom is 0.492 e. The number of rotatable bonds is 2. The summed E-state index contributed by atoms with van der Waals surface area (Å²) in [7, 11) is -1.60. The molecular weight excluding hydrogens is 611 g/mol. The summed E-state index contributed by atoms with van der Waals surface area (Å²) in [5, 5.41) is 36.5. The van der Waals surface area contributed by atoms with E-state index in [1.807, 2.05) is 0 Å². The van der Waals surface area contributed by atoms with Crippen LogP contribution in [0, 0.1) is 11.6 Å². The topological polar surface area (TPSA) is 132 Å². The number of aromatic hydroxyl groups is 2. The molecule has 0 saturated carbocycles. The van der Waals surface area contributed by atoms with E-state index < -0.39 is 18.8 Å². The van der Waals surface area contributed by atoms with Crippen molar-refractivity contribution in [1.82, 2.24) is 19.9 Å². The zero-order valence-corrected chi connectivity index (χ0v) is 23.4. The highest BCUT2D eigenvalue weighted by atomic mass is 35.5. The first-order chi connectivity index (χ1) is 20.1. The zero-order chi connectivity index (χ0) is 30.4. The van der Waals surface area contributed by atoms with Gasteiger partial charge in [-0.1, -0.05) is 54.1 Å². The van der Waals surface area contributed by atoms with E-state index in [1.165, 1.54) is 36.4 Å². The van der Waals surface area contributed by atoms with Crippen LogP contribution in [-0.4, -0.2) is 47.3 Å². The molecule has 0 radical (unpaired) electrons. The SMILES string of the molecule is Fc1cccc2nc(Cl)nc(Cl)c12.OB(O)c1ccccc1O.Oc1ccccc1-c1nc(Cl)nc2cccc(F)c12. The first-order valence-corrected chi connectivity index (χ1v) is 13.0. The van der Waals surface area contributed by atoms with E-state index in [1.54, 1.807) is 48.5 Å². The van der Waals surface area contributed by atoms with Crippen LogP contribution in [-0.2, 0) is 0 Å². The molecule has 2 heterocycles. The number of nitrogens with zero attached hydrogens (tertiary/aromatic N) is 4. The Hall–Kier alpha value is -4.13. The number of hydrogen-bond acceptors (Lipinski definition) is 8. The van der Waals surface area contributed by atoms with Gasteiger partial charge in [0.1, 0.15) is 28.3 Å². The second kappa shape index (κ2) is 13.7. The van der Waals surface area contributed by atoms with Gasteiger partial charge in [-0.15, -0.1) is 0 Å². The molecule has 42 heavy (non-hydrogen) atoms. The van der Waals surface area contributed by atoms with E-state index in [2.05, 4.69) is 19.9 Å². The Morgan fingerprint density at radius 3 is 1.67 bits per heavy atom. The lowest BCUT2D eigenvalue weighted by atomic mass is 9.80. The lowest BCUT2D eigenvalue weighted by Gasteiger charge is -2.08. The number of fused-ring (bicyclic) bond motifs is 2. The van der Waals surface area contributed by atoms with Crippen LogP contribution in [0.5, 0.6) is 11.5 Å². The molecule has 0 bridgehead atoms. The minimum atomic E-state index is -1.60. The molecule has 0 aliphatic rings. The van der Waals surface area contributed by atoms with Gasteiger partial charge in [-0.3, -0.25) is 0 Å². The molecule has 6 rings (SSSR count). The largest absolute Gasteiger partial charge is 0.508 e. The number of aromatic nitrogens is 4. The Labute approximate surface area is 252 Å². The zero-order valence-electron chi connectivity index (χ0n) is 21.1. The fraction of sp³-hybridized carbons (Fsp3) is 0. The number of benzene rings is 4. The smallest absolute Gasteiger partial charge is 0.492 e. The summed E-state index contributed by atoms with van der Waals surface area (Å²) in [6.45, 7) is 0. The third-order valence-electron chi connectivity index (χ3n) is 5.62. The van der Waals surface area contributed by atoms with Gasteiger partial charge in [0.25, 0.3) is 0 Å². The molecule has 0 amide bonds. The summed E-state index contributed by atoms with van der Waals surface area (Å²) in [6, 6.07) is 21.6. The highest BCUT2D eigenvalue weighted by Crippen LogP contribution is 2.34. The lowest BCUT2D eigenvalue weighted by Crippen LogP contribution is -2.29. The van der Waals surface area contributed by atoms with E-state index >= 15 is 0 Å². The van der Waals surface area contributed by atoms with Crippen molar-refractivity contribution in [2.24, 2.45) is 0 Å². The average molecular weight is 630 g/mol. The van der Waals surface area contributed by atoms with Crippen molar-refractivity contribution >= 4 is 69.2 Å². The van der Waals surface area contributed by atoms with Crippen LogP contribution in [0.1, 0.15) is 0 Å².